The van der Waals surface area contributed by atoms with E-state index in [0.29, 0.717) is 26.1 Å². The highest BCUT2D eigenvalue weighted by atomic mass is 16.2. The maximum atomic E-state index is 11.8. The molecule has 5 nitrogen and oxygen atoms in total. The Morgan fingerprint density at radius 1 is 1.00 bits per heavy atom. The lowest BCUT2D eigenvalue weighted by molar-refractivity contribution is -0.139. The van der Waals surface area contributed by atoms with Crippen LogP contribution in [-0.2, 0) is 9.59 Å². The molecule has 0 aliphatic carbocycles. The summed E-state index contributed by atoms with van der Waals surface area (Å²) in [7, 11) is 1.69. The molecule has 18 heavy (non-hydrogen) atoms. The highest BCUT2D eigenvalue weighted by Gasteiger charge is 2.15. The van der Waals surface area contributed by atoms with Crippen molar-refractivity contribution in [2.24, 2.45) is 5.73 Å². The van der Waals surface area contributed by atoms with Crippen LogP contribution in [0.3, 0.4) is 0 Å². The van der Waals surface area contributed by atoms with E-state index in [1.807, 2.05) is 13.8 Å². The quantitative estimate of drug-likeness (QED) is 0.622. The average molecular weight is 257 g/mol. The van der Waals surface area contributed by atoms with Crippen LogP contribution in [0.15, 0.2) is 0 Å². The van der Waals surface area contributed by atoms with Crippen molar-refractivity contribution in [1.29, 1.82) is 0 Å². The third-order valence-electron chi connectivity index (χ3n) is 3.01. The molecule has 106 valence electrons. The van der Waals surface area contributed by atoms with Crippen LogP contribution in [0.1, 0.15) is 39.5 Å². The Hall–Kier alpha value is -1.10. The lowest BCUT2D eigenvalue weighted by atomic mass is 10.2. The van der Waals surface area contributed by atoms with Gasteiger partial charge in [0.15, 0.2) is 0 Å². The molecule has 0 aromatic rings. The van der Waals surface area contributed by atoms with E-state index in [-0.39, 0.29) is 18.4 Å². The molecule has 0 aliphatic rings. The smallest absolute Gasteiger partial charge is 0.242 e. The zero-order chi connectivity index (χ0) is 14.0. The minimum Gasteiger partial charge on any atom is -0.342 e. The second kappa shape index (κ2) is 9.88. The number of hydrogen-bond acceptors (Lipinski definition) is 3. The Morgan fingerprint density at radius 2 is 1.61 bits per heavy atom. The topological polar surface area (TPSA) is 66.6 Å². The molecule has 0 rings (SSSR count). The van der Waals surface area contributed by atoms with Gasteiger partial charge in [-0.05, 0) is 33.2 Å². The highest BCUT2D eigenvalue weighted by molar-refractivity contribution is 5.84. The Kier molecular flexibility index (Phi) is 9.28. The van der Waals surface area contributed by atoms with E-state index < -0.39 is 0 Å². The molecule has 0 spiro atoms. The standard InChI is InChI=1S/C13H27N3O2/c1-4-16(5-2)13(18)11-15(3)12(17)9-7-6-8-10-14/h4-11,14H2,1-3H3. The first-order chi connectivity index (χ1) is 8.56. The van der Waals surface area contributed by atoms with Crippen LogP contribution in [-0.4, -0.2) is 54.8 Å². The third kappa shape index (κ3) is 6.59. The zero-order valence-corrected chi connectivity index (χ0v) is 11.9. The van der Waals surface area contributed by atoms with Crippen molar-refractivity contribution < 1.29 is 9.59 Å². The summed E-state index contributed by atoms with van der Waals surface area (Å²) in [5.74, 6) is 0.0466. The van der Waals surface area contributed by atoms with Crippen molar-refractivity contribution in [3.63, 3.8) is 0 Å². The summed E-state index contributed by atoms with van der Waals surface area (Å²) in [6.45, 7) is 6.11. The molecule has 0 radical (unpaired) electrons. The van der Waals surface area contributed by atoms with Crippen LogP contribution in [0.4, 0.5) is 0 Å². The van der Waals surface area contributed by atoms with E-state index in [1.165, 1.54) is 4.90 Å². The number of carbonyl (C=O) groups is 2. The number of likely N-dealkylation sites (N-methyl/N-ethyl adjacent to an activating group) is 2. The van der Waals surface area contributed by atoms with Crippen LogP contribution >= 0.6 is 0 Å². The molecule has 0 fully saturated rings. The minimum atomic E-state index is 0.0119. The van der Waals surface area contributed by atoms with Gasteiger partial charge in [0.1, 0.15) is 0 Å². The SMILES string of the molecule is CCN(CC)C(=O)CN(C)C(=O)CCCCCN. The fourth-order valence-corrected chi connectivity index (χ4v) is 1.76. The predicted molar refractivity (Wildman–Crippen MR) is 73.1 cm³/mol. The maximum Gasteiger partial charge on any atom is 0.242 e. The molecule has 0 aromatic heterocycles. The van der Waals surface area contributed by atoms with Crippen LogP contribution in [0.5, 0.6) is 0 Å². The summed E-state index contributed by atoms with van der Waals surface area (Å²) in [4.78, 5) is 26.8. The number of rotatable bonds is 9. The monoisotopic (exact) mass is 257 g/mol. The van der Waals surface area contributed by atoms with Gasteiger partial charge < -0.3 is 15.5 Å². The molecular formula is C13H27N3O2. The maximum absolute atomic E-state index is 11.8. The molecule has 0 aliphatic heterocycles. The van der Waals surface area contributed by atoms with Crippen LogP contribution < -0.4 is 5.73 Å². The highest BCUT2D eigenvalue weighted by Crippen LogP contribution is 2.02. The summed E-state index contributed by atoms with van der Waals surface area (Å²) in [5.41, 5.74) is 5.39. The number of unbranched alkanes of at least 4 members (excludes halogenated alkanes) is 2. The van der Waals surface area contributed by atoms with Gasteiger partial charge in [0.2, 0.25) is 11.8 Å². The van der Waals surface area contributed by atoms with E-state index in [4.69, 9.17) is 5.73 Å². The fourth-order valence-electron chi connectivity index (χ4n) is 1.76. The van der Waals surface area contributed by atoms with Gasteiger partial charge >= 0.3 is 0 Å². The second-order valence-corrected chi connectivity index (χ2v) is 4.42. The van der Waals surface area contributed by atoms with Crippen LogP contribution in [0, 0.1) is 0 Å². The van der Waals surface area contributed by atoms with E-state index in [0.717, 1.165) is 19.3 Å². The number of hydrogen-bond donors (Lipinski definition) is 1. The van der Waals surface area contributed by atoms with Gasteiger partial charge in [0.25, 0.3) is 0 Å². The largest absolute Gasteiger partial charge is 0.342 e. The molecule has 0 saturated heterocycles. The molecular weight excluding hydrogens is 230 g/mol. The molecule has 0 unspecified atom stereocenters. The summed E-state index contributed by atoms with van der Waals surface area (Å²) >= 11 is 0. The van der Waals surface area contributed by atoms with Crippen molar-refractivity contribution in [3.8, 4) is 0 Å². The van der Waals surface area contributed by atoms with E-state index in [9.17, 15) is 9.59 Å². The van der Waals surface area contributed by atoms with E-state index in [1.54, 1.807) is 11.9 Å². The van der Waals surface area contributed by atoms with Gasteiger partial charge in [-0.25, -0.2) is 0 Å². The van der Waals surface area contributed by atoms with Crippen LogP contribution in [0.2, 0.25) is 0 Å². The molecule has 0 aromatic carbocycles. The van der Waals surface area contributed by atoms with Gasteiger partial charge in [0.05, 0.1) is 6.54 Å². The number of amides is 2. The normalized spacial score (nSPS) is 10.2. The van der Waals surface area contributed by atoms with Crippen molar-refractivity contribution in [3.05, 3.63) is 0 Å². The lowest BCUT2D eigenvalue weighted by Gasteiger charge is -2.23. The summed E-state index contributed by atoms with van der Waals surface area (Å²) in [6.07, 6.45) is 3.28. The van der Waals surface area contributed by atoms with Crippen molar-refractivity contribution in [2.45, 2.75) is 39.5 Å². The summed E-state index contributed by atoms with van der Waals surface area (Å²) in [5, 5.41) is 0. The fraction of sp³-hybridized carbons (Fsp3) is 0.846. The molecule has 0 atom stereocenters. The second-order valence-electron chi connectivity index (χ2n) is 4.42. The third-order valence-corrected chi connectivity index (χ3v) is 3.01. The molecule has 2 amide bonds. The number of nitrogens with zero attached hydrogens (tertiary/aromatic N) is 2. The van der Waals surface area contributed by atoms with Gasteiger partial charge in [-0.1, -0.05) is 6.42 Å². The number of carbonyl (C=O) groups excluding carboxylic acids is 2. The van der Waals surface area contributed by atoms with E-state index >= 15 is 0 Å². The molecule has 0 bridgehead atoms. The number of nitrogens with two attached hydrogens (primary N) is 1. The van der Waals surface area contributed by atoms with Gasteiger partial charge in [-0.2, -0.15) is 0 Å². The minimum absolute atomic E-state index is 0.0119. The van der Waals surface area contributed by atoms with Crippen molar-refractivity contribution >= 4 is 11.8 Å². The first-order valence-corrected chi connectivity index (χ1v) is 6.78. The molecule has 2 N–H and O–H groups in total. The van der Waals surface area contributed by atoms with Crippen molar-refractivity contribution in [1.82, 2.24) is 9.80 Å². The first-order valence-electron chi connectivity index (χ1n) is 6.78. The Labute approximate surface area is 110 Å². The lowest BCUT2D eigenvalue weighted by Crippen LogP contribution is -2.40. The van der Waals surface area contributed by atoms with Gasteiger partial charge in [-0.15, -0.1) is 0 Å². The van der Waals surface area contributed by atoms with Crippen molar-refractivity contribution in [2.75, 3.05) is 33.2 Å². The van der Waals surface area contributed by atoms with Gasteiger partial charge in [-0.3, -0.25) is 9.59 Å². The van der Waals surface area contributed by atoms with Gasteiger partial charge in [0, 0.05) is 26.6 Å². The predicted octanol–water partition coefficient (Wildman–Crippen LogP) is 0.832. The van der Waals surface area contributed by atoms with E-state index in [2.05, 4.69) is 0 Å². The summed E-state index contributed by atoms with van der Waals surface area (Å²) in [6, 6.07) is 0. The summed E-state index contributed by atoms with van der Waals surface area (Å²) < 4.78 is 0. The Balaban J connectivity index is 3.96. The Bertz CT molecular complexity index is 253. The molecule has 5 heteroatoms. The Morgan fingerprint density at radius 3 is 2.11 bits per heavy atom. The first kappa shape index (κ1) is 16.9. The average Bonchev–Trinajstić information content (AvgIpc) is 2.35. The van der Waals surface area contributed by atoms with Crippen LogP contribution in [0.25, 0.3) is 0 Å². The molecule has 0 heterocycles. The zero-order valence-electron chi connectivity index (χ0n) is 11.9. The molecule has 0 saturated carbocycles.